The molecule has 0 aliphatic carbocycles. The van der Waals surface area contributed by atoms with Crippen LogP contribution in [0.3, 0.4) is 0 Å². The van der Waals surface area contributed by atoms with Crippen molar-refractivity contribution in [3.63, 3.8) is 0 Å². The summed E-state index contributed by atoms with van der Waals surface area (Å²) < 4.78 is 28.7. The molecule has 3 aromatic rings. The van der Waals surface area contributed by atoms with Gasteiger partial charge in [0.25, 0.3) is 5.91 Å². The van der Waals surface area contributed by atoms with Crippen LogP contribution in [0.15, 0.2) is 77.8 Å². The summed E-state index contributed by atoms with van der Waals surface area (Å²) in [6.45, 7) is 0.323. The van der Waals surface area contributed by atoms with Gasteiger partial charge >= 0.3 is 0 Å². The first-order valence-corrected chi connectivity index (χ1v) is 10.1. The van der Waals surface area contributed by atoms with E-state index in [0.717, 1.165) is 11.8 Å². The number of aromatic nitrogens is 1. The topological polar surface area (TPSA) is 85.4 Å². The molecule has 0 aliphatic rings. The van der Waals surface area contributed by atoms with E-state index in [4.69, 9.17) is 4.74 Å². The number of carbonyl (C=O) groups excluding carboxylic acids is 1. The molecule has 0 aliphatic heterocycles. The lowest BCUT2D eigenvalue weighted by atomic mass is 10.2. The van der Waals surface area contributed by atoms with Crippen molar-refractivity contribution in [1.29, 1.82) is 0 Å². The molecule has 0 spiro atoms. The summed E-state index contributed by atoms with van der Waals surface area (Å²) >= 11 is 0. The molecule has 1 aromatic heterocycles. The molecule has 3 rings (SSSR count). The van der Waals surface area contributed by atoms with Gasteiger partial charge in [0.15, 0.2) is 9.84 Å². The number of amides is 1. The number of pyridine rings is 1. The Morgan fingerprint density at radius 1 is 1.00 bits per heavy atom. The predicted molar refractivity (Wildman–Crippen MR) is 103 cm³/mol. The van der Waals surface area contributed by atoms with Crippen molar-refractivity contribution in [3.05, 3.63) is 84.1 Å². The van der Waals surface area contributed by atoms with E-state index < -0.39 is 9.84 Å². The molecule has 0 saturated heterocycles. The van der Waals surface area contributed by atoms with Crippen molar-refractivity contribution < 1.29 is 17.9 Å². The number of hydrogen-bond acceptors (Lipinski definition) is 5. The molecule has 138 valence electrons. The number of ether oxygens (including phenoxy) is 1. The third-order valence-corrected chi connectivity index (χ3v) is 4.91. The van der Waals surface area contributed by atoms with E-state index in [1.54, 1.807) is 18.3 Å². The molecule has 0 bridgehead atoms. The SMILES string of the molecule is CS(=O)(=O)c1ccc(C(=O)Nc2cccnc2OCc2ccccc2)cc1. The van der Waals surface area contributed by atoms with Crippen LogP contribution in [0.4, 0.5) is 5.69 Å². The van der Waals surface area contributed by atoms with E-state index in [1.165, 1.54) is 24.3 Å². The van der Waals surface area contributed by atoms with Crippen LogP contribution < -0.4 is 10.1 Å². The fraction of sp³-hybridized carbons (Fsp3) is 0.100. The highest BCUT2D eigenvalue weighted by Crippen LogP contribution is 2.22. The lowest BCUT2D eigenvalue weighted by Gasteiger charge is -2.11. The van der Waals surface area contributed by atoms with Gasteiger partial charge < -0.3 is 10.1 Å². The van der Waals surface area contributed by atoms with Gasteiger partial charge in [-0.25, -0.2) is 13.4 Å². The molecule has 0 radical (unpaired) electrons. The Balaban J connectivity index is 1.72. The van der Waals surface area contributed by atoms with Gasteiger partial charge in [-0.1, -0.05) is 30.3 Å². The molecule has 27 heavy (non-hydrogen) atoms. The molecule has 1 N–H and O–H groups in total. The Morgan fingerprint density at radius 2 is 1.70 bits per heavy atom. The number of hydrogen-bond donors (Lipinski definition) is 1. The predicted octanol–water partition coefficient (Wildman–Crippen LogP) is 3.32. The van der Waals surface area contributed by atoms with Crippen molar-refractivity contribution in [2.24, 2.45) is 0 Å². The minimum atomic E-state index is -3.31. The molecular formula is C20H18N2O4S. The number of rotatable bonds is 6. The van der Waals surface area contributed by atoms with Crippen molar-refractivity contribution in [2.45, 2.75) is 11.5 Å². The minimum Gasteiger partial charge on any atom is -0.471 e. The first kappa shape index (κ1) is 18.6. The summed E-state index contributed by atoms with van der Waals surface area (Å²) in [5.74, 6) is -0.0740. The maximum absolute atomic E-state index is 12.5. The Morgan fingerprint density at radius 3 is 2.37 bits per heavy atom. The standard InChI is InChI=1S/C20H18N2O4S/c1-27(24,25)17-11-9-16(10-12-17)19(23)22-18-8-5-13-21-20(18)26-14-15-6-3-2-4-7-15/h2-13H,14H2,1H3,(H,22,23). The van der Waals surface area contributed by atoms with E-state index in [9.17, 15) is 13.2 Å². The molecule has 2 aromatic carbocycles. The number of anilines is 1. The molecule has 0 unspecified atom stereocenters. The normalized spacial score (nSPS) is 11.0. The van der Waals surface area contributed by atoms with E-state index in [2.05, 4.69) is 10.3 Å². The van der Waals surface area contributed by atoms with Crippen molar-refractivity contribution >= 4 is 21.4 Å². The van der Waals surface area contributed by atoms with Gasteiger partial charge in [-0.2, -0.15) is 0 Å². The first-order chi connectivity index (χ1) is 12.9. The summed E-state index contributed by atoms with van der Waals surface area (Å²) in [6.07, 6.45) is 2.70. The number of carbonyl (C=O) groups is 1. The smallest absolute Gasteiger partial charge is 0.255 e. The molecule has 1 amide bonds. The molecule has 0 atom stereocenters. The van der Waals surface area contributed by atoms with Gasteiger partial charge in [0, 0.05) is 18.0 Å². The van der Waals surface area contributed by atoms with Gasteiger partial charge in [0.1, 0.15) is 12.3 Å². The fourth-order valence-corrected chi connectivity index (χ4v) is 3.01. The van der Waals surface area contributed by atoms with Crippen LogP contribution in [0.5, 0.6) is 5.88 Å². The second-order valence-corrected chi connectivity index (χ2v) is 7.90. The van der Waals surface area contributed by atoms with Crippen LogP contribution in [0.25, 0.3) is 0 Å². The Bertz CT molecular complexity index is 1030. The Hall–Kier alpha value is -3.19. The third-order valence-electron chi connectivity index (χ3n) is 3.78. The molecule has 1 heterocycles. The van der Waals surface area contributed by atoms with Gasteiger partial charge in [-0.3, -0.25) is 4.79 Å². The van der Waals surface area contributed by atoms with Gasteiger partial charge in [0.2, 0.25) is 5.88 Å². The van der Waals surface area contributed by atoms with E-state index in [0.29, 0.717) is 23.7 Å². The number of benzene rings is 2. The third kappa shape index (κ3) is 4.92. The zero-order valence-electron chi connectivity index (χ0n) is 14.6. The summed E-state index contributed by atoms with van der Waals surface area (Å²) in [5, 5.41) is 2.75. The monoisotopic (exact) mass is 382 g/mol. The Labute approximate surface area is 157 Å². The quantitative estimate of drug-likeness (QED) is 0.707. The average Bonchev–Trinajstić information content (AvgIpc) is 2.67. The number of sulfone groups is 1. The maximum atomic E-state index is 12.5. The second-order valence-electron chi connectivity index (χ2n) is 5.88. The molecular weight excluding hydrogens is 364 g/mol. The summed E-state index contributed by atoms with van der Waals surface area (Å²) in [7, 11) is -3.31. The molecule has 6 nitrogen and oxygen atoms in total. The van der Waals surface area contributed by atoms with Crippen LogP contribution in [0.2, 0.25) is 0 Å². The van der Waals surface area contributed by atoms with Crippen LogP contribution in [0.1, 0.15) is 15.9 Å². The maximum Gasteiger partial charge on any atom is 0.255 e. The zero-order valence-corrected chi connectivity index (χ0v) is 15.4. The van der Waals surface area contributed by atoms with Gasteiger partial charge in [-0.15, -0.1) is 0 Å². The van der Waals surface area contributed by atoms with Crippen LogP contribution in [-0.2, 0) is 16.4 Å². The molecule has 0 fully saturated rings. The number of nitrogens with zero attached hydrogens (tertiary/aromatic N) is 1. The molecule has 7 heteroatoms. The zero-order chi connectivity index (χ0) is 19.3. The highest BCUT2D eigenvalue weighted by molar-refractivity contribution is 7.90. The van der Waals surface area contributed by atoms with Crippen molar-refractivity contribution in [1.82, 2.24) is 4.98 Å². The van der Waals surface area contributed by atoms with Crippen LogP contribution >= 0.6 is 0 Å². The van der Waals surface area contributed by atoms with Gasteiger partial charge in [-0.05, 0) is 42.0 Å². The average molecular weight is 382 g/mol. The first-order valence-electron chi connectivity index (χ1n) is 8.17. The van der Waals surface area contributed by atoms with Crippen molar-refractivity contribution in [2.75, 3.05) is 11.6 Å². The Kier molecular flexibility index (Phi) is 5.52. The van der Waals surface area contributed by atoms with E-state index in [1.807, 2.05) is 30.3 Å². The summed E-state index contributed by atoms with van der Waals surface area (Å²) in [4.78, 5) is 16.8. The van der Waals surface area contributed by atoms with Crippen LogP contribution in [0, 0.1) is 0 Å². The lowest BCUT2D eigenvalue weighted by Crippen LogP contribution is -2.13. The molecule has 0 saturated carbocycles. The largest absolute Gasteiger partial charge is 0.471 e. The van der Waals surface area contributed by atoms with E-state index in [-0.39, 0.29) is 10.8 Å². The highest BCUT2D eigenvalue weighted by Gasteiger charge is 2.13. The fourth-order valence-electron chi connectivity index (χ4n) is 2.37. The lowest BCUT2D eigenvalue weighted by molar-refractivity contribution is 0.102. The van der Waals surface area contributed by atoms with Gasteiger partial charge in [0.05, 0.1) is 4.90 Å². The van der Waals surface area contributed by atoms with E-state index >= 15 is 0 Å². The van der Waals surface area contributed by atoms with Crippen LogP contribution in [-0.4, -0.2) is 25.6 Å². The highest BCUT2D eigenvalue weighted by atomic mass is 32.2. The van der Waals surface area contributed by atoms with Crippen molar-refractivity contribution in [3.8, 4) is 5.88 Å². The summed E-state index contributed by atoms with van der Waals surface area (Å²) in [6, 6.07) is 18.7. The summed E-state index contributed by atoms with van der Waals surface area (Å²) in [5.41, 5.74) is 1.75. The second kappa shape index (κ2) is 8.01. The number of nitrogens with one attached hydrogen (secondary N) is 1. The minimum absolute atomic E-state index is 0.160.